The molecule has 0 heterocycles. The van der Waals surface area contributed by atoms with Gasteiger partial charge in [0.15, 0.2) is 0 Å². The fourth-order valence-electron chi connectivity index (χ4n) is 1.66. The maximum atomic E-state index is 11.8. The first-order valence-corrected chi connectivity index (χ1v) is 6.52. The number of hydrogen-bond acceptors (Lipinski definition) is 5. The van der Waals surface area contributed by atoms with Crippen LogP contribution in [0.5, 0.6) is 5.75 Å². The Bertz CT molecular complexity index is 497. The Kier molecular flexibility index (Phi) is 9.93. The van der Waals surface area contributed by atoms with Gasteiger partial charge >= 0.3 is 0 Å². The summed E-state index contributed by atoms with van der Waals surface area (Å²) in [5, 5.41) is 8.33. The number of hydrogen-bond donors (Lipinski definition) is 3. The summed E-state index contributed by atoms with van der Waals surface area (Å²) in [5.41, 5.74) is 1.09. The highest BCUT2D eigenvalue weighted by Gasteiger charge is 2.09. The molecule has 0 aliphatic carbocycles. The molecule has 8 heteroatoms. The topological polar surface area (TPSA) is 88.7 Å². The number of methoxy groups -OCH3 is 2. The predicted octanol–water partition coefficient (Wildman–Crippen LogP) is 1.25. The van der Waals surface area contributed by atoms with Crippen molar-refractivity contribution in [2.45, 2.75) is 6.92 Å². The van der Waals surface area contributed by atoms with E-state index in [1.165, 1.54) is 14.0 Å². The van der Waals surface area contributed by atoms with Crippen LogP contribution in [0.2, 0.25) is 0 Å². The molecule has 0 aliphatic heterocycles. The number of carbonyl (C=O) groups excluding carboxylic acids is 2. The lowest BCUT2D eigenvalue weighted by atomic mass is 10.2. The Balaban J connectivity index is 0.00000441. The Morgan fingerprint density at radius 3 is 2.50 bits per heavy atom. The van der Waals surface area contributed by atoms with Gasteiger partial charge in [-0.05, 0) is 18.2 Å². The highest BCUT2D eigenvalue weighted by atomic mass is 35.5. The van der Waals surface area contributed by atoms with Crippen molar-refractivity contribution in [3.63, 3.8) is 0 Å². The molecule has 0 radical (unpaired) electrons. The van der Waals surface area contributed by atoms with E-state index in [1.807, 2.05) is 0 Å². The molecular weight excluding hydrogens is 310 g/mol. The molecule has 0 bridgehead atoms. The number of halogens is 1. The van der Waals surface area contributed by atoms with Crippen LogP contribution < -0.4 is 20.7 Å². The third kappa shape index (κ3) is 7.26. The molecule has 124 valence electrons. The van der Waals surface area contributed by atoms with Crippen molar-refractivity contribution in [3.05, 3.63) is 18.2 Å². The van der Waals surface area contributed by atoms with Gasteiger partial charge in [-0.25, -0.2) is 0 Å². The minimum atomic E-state index is -0.204. The van der Waals surface area contributed by atoms with Crippen LogP contribution in [0.3, 0.4) is 0 Å². The van der Waals surface area contributed by atoms with Crippen LogP contribution in [0.25, 0.3) is 0 Å². The van der Waals surface area contributed by atoms with Gasteiger partial charge in [-0.2, -0.15) is 0 Å². The molecule has 22 heavy (non-hydrogen) atoms. The molecule has 0 aromatic heterocycles. The van der Waals surface area contributed by atoms with Crippen LogP contribution in [-0.4, -0.2) is 45.7 Å². The highest BCUT2D eigenvalue weighted by Crippen LogP contribution is 2.27. The van der Waals surface area contributed by atoms with Gasteiger partial charge in [0.05, 0.1) is 25.9 Å². The van der Waals surface area contributed by atoms with Gasteiger partial charge in [-0.1, -0.05) is 0 Å². The molecule has 3 N–H and O–H groups in total. The normalized spacial score (nSPS) is 9.59. The molecule has 0 saturated carbocycles. The average molecular weight is 332 g/mol. The summed E-state index contributed by atoms with van der Waals surface area (Å²) >= 11 is 0. The summed E-state index contributed by atoms with van der Waals surface area (Å²) in [7, 11) is 3.11. The molecule has 7 nitrogen and oxygen atoms in total. The number of carbonyl (C=O) groups is 2. The quantitative estimate of drug-likeness (QED) is 0.624. The Labute approximate surface area is 136 Å². The maximum Gasteiger partial charge on any atom is 0.238 e. The molecule has 0 saturated heterocycles. The fourth-order valence-corrected chi connectivity index (χ4v) is 1.66. The molecule has 0 spiro atoms. The van der Waals surface area contributed by atoms with Crippen molar-refractivity contribution in [3.8, 4) is 5.75 Å². The second-order valence-corrected chi connectivity index (χ2v) is 4.31. The third-order valence-corrected chi connectivity index (χ3v) is 2.56. The van der Waals surface area contributed by atoms with Crippen LogP contribution >= 0.6 is 12.4 Å². The minimum Gasteiger partial charge on any atom is -0.495 e. The van der Waals surface area contributed by atoms with Crippen molar-refractivity contribution in [1.82, 2.24) is 5.32 Å². The average Bonchev–Trinajstić information content (AvgIpc) is 2.43. The number of rotatable bonds is 8. The third-order valence-electron chi connectivity index (χ3n) is 2.56. The first-order valence-electron chi connectivity index (χ1n) is 6.52. The molecule has 2 amide bonds. The second-order valence-electron chi connectivity index (χ2n) is 4.31. The molecule has 0 atom stereocenters. The van der Waals surface area contributed by atoms with Gasteiger partial charge in [0.1, 0.15) is 5.75 Å². The standard InChI is InChI=1S/C14H21N3O4.ClH/c1-10(18)16-11-4-5-13(21-3)12(8-11)17-14(19)9-15-6-7-20-2;/h4-5,8,15H,6-7,9H2,1-3H3,(H,16,18)(H,17,19);1H. The van der Waals surface area contributed by atoms with Crippen LogP contribution in [0, 0.1) is 0 Å². The van der Waals surface area contributed by atoms with Gasteiger partial charge in [0, 0.05) is 26.3 Å². The largest absolute Gasteiger partial charge is 0.495 e. The lowest BCUT2D eigenvalue weighted by molar-refractivity contribution is -0.115. The Hall–Kier alpha value is -1.83. The van der Waals surface area contributed by atoms with E-state index in [1.54, 1.807) is 25.3 Å². The van der Waals surface area contributed by atoms with Gasteiger partial charge in [-0.3, -0.25) is 9.59 Å². The Morgan fingerprint density at radius 1 is 1.18 bits per heavy atom. The molecule has 1 aromatic carbocycles. The summed E-state index contributed by atoms with van der Waals surface area (Å²) in [6.45, 7) is 2.71. The van der Waals surface area contributed by atoms with E-state index in [0.717, 1.165) is 0 Å². The van der Waals surface area contributed by atoms with Crippen LogP contribution in [-0.2, 0) is 14.3 Å². The zero-order valence-corrected chi connectivity index (χ0v) is 13.7. The molecule has 0 fully saturated rings. The number of amides is 2. The maximum absolute atomic E-state index is 11.8. The summed E-state index contributed by atoms with van der Waals surface area (Å²) < 4.78 is 10.1. The zero-order valence-electron chi connectivity index (χ0n) is 12.9. The van der Waals surface area contributed by atoms with E-state index in [2.05, 4.69) is 16.0 Å². The van der Waals surface area contributed by atoms with E-state index in [9.17, 15) is 9.59 Å². The lowest BCUT2D eigenvalue weighted by Gasteiger charge is -2.12. The summed E-state index contributed by atoms with van der Waals surface area (Å²) in [6.07, 6.45) is 0. The van der Waals surface area contributed by atoms with Crippen LogP contribution in [0.15, 0.2) is 18.2 Å². The predicted molar refractivity (Wildman–Crippen MR) is 87.9 cm³/mol. The molecular formula is C14H22ClN3O4. The van der Waals surface area contributed by atoms with Gasteiger partial charge in [0.2, 0.25) is 11.8 Å². The van der Waals surface area contributed by atoms with Gasteiger partial charge < -0.3 is 25.4 Å². The Morgan fingerprint density at radius 2 is 1.91 bits per heavy atom. The van der Waals surface area contributed by atoms with E-state index in [0.29, 0.717) is 30.3 Å². The number of nitrogens with one attached hydrogen (secondary N) is 3. The lowest BCUT2D eigenvalue weighted by Crippen LogP contribution is -2.30. The first kappa shape index (κ1) is 20.2. The van der Waals surface area contributed by atoms with Gasteiger partial charge in [-0.15, -0.1) is 12.4 Å². The van der Waals surface area contributed by atoms with Crippen molar-refractivity contribution in [2.75, 3.05) is 44.5 Å². The van der Waals surface area contributed by atoms with E-state index < -0.39 is 0 Å². The van der Waals surface area contributed by atoms with Crippen molar-refractivity contribution >= 4 is 35.6 Å². The van der Waals surface area contributed by atoms with Crippen LogP contribution in [0.4, 0.5) is 11.4 Å². The van der Waals surface area contributed by atoms with Crippen molar-refractivity contribution in [1.29, 1.82) is 0 Å². The monoisotopic (exact) mass is 331 g/mol. The fraction of sp³-hybridized carbons (Fsp3) is 0.429. The highest BCUT2D eigenvalue weighted by molar-refractivity contribution is 5.95. The molecule has 0 aliphatic rings. The summed E-state index contributed by atoms with van der Waals surface area (Å²) in [6, 6.07) is 5.03. The smallest absolute Gasteiger partial charge is 0.238 e. The molecule has 1 aromatic rings. The van der Waals surface area contributed by atoms with Crippen LogP contribution in [0.1, 0.15) is 6.92 Å². The van der Waals surface area contributed by atoms with Gasteiger partial charge in [0.25, 0.3) is 0 Å². The van der Waals surface area contributed by atoms with E-state index in [4.69, 9.17) is 9.47 Å². The first-order chi connectivity index (χ1) is 10.1. The SMILES string of the molecule is COCCNCC(=O)Nc1cc(NC(C)=O)ccc1OC.Cl. The van der Waals surface area contributed by atoms with E-state index >= 15 is 0 Å². The number of benzene rings is 1. The van der Waals surface area contributed by atoms with E-state index in [-0.39, 0.29) is 30.8 Å². The summed E-state index contributed by atoms with van der Waals surface area (Å²) in [4.78, 5) is 22.9. The molecule has 0 unspecified atom stereocenters. The number of anilines is 2. The van der Waals surface area contributed by atoms with Crippen molar-refractivity contribution in [2.24, 2.45) is 0 Å². The summed E-state index contributed by atoms with van der Waals surface area (Å²) in [5.74, 6) is 0.136. The minimum absolute atomic E-state index is 0. The second kappa shape index (κ2) is 10.8. The zero-order chi connectivity index (χ0) is 15.7. The van der Waals surface area contributed by atoms with Crippen molar-refractivity contribution < 1.29 is 19.1 Å². The number of ether oxygens (including phenoxy) is 2. The molecule has 1 rings (SSSR count).